The van der Waals surface area contributed by atoms with Gasteiger partial charge < -0.3 is 9.84 Å². The highest BCUT2D eigenvalue weighted by Crippen LogP contribution is 2.81. The third-order valence-electron chi connectivity index (χ3n) is 5.71. The van der Waals surface area contributed by atoms with E-state index in [1.165, 1.54) is 23.1 Å². The number of pyridine rings is 1. The number of aliphatic hydroxyl groups excluding tert-OH is 1. The lowest BCUT2D eigenvalue weighted by atomic mass is 10.0. The maximum atomic E-state index is 15.1. The van der Waals surface area contributed by atoms with Gasteiger partial charge in [0.1, 0.15) is 18.2 Å². The molecular formula is C19H15F2N6O7P. The van der Waals surface area contributed by atoms with Gasteiger partial charge in [0.05, 0.1) is 12.2 Å². The monoisotopic (exact) mass is 508 g/mol. The standard InChI is InChI=1S/C19H15F2N6O7P/c1-2-26-24-16(23-25-26)14-6-3-10(9-22-14)12-5-4-11(7-13(12)21)27-17(29)31-18(15(28)8-20)19(27)33-35(30,32-18)34-19/h3-7,9,15,28H,2,8H2,1H3/t15-,18+,19?,35?/m1/s1. The molecule has 0 saturated carbocycles. The number of tetrazole rings is 1. The second kappa shape index (κ2) is 7.32. The number of carbonyl (C=O) groups excluding carboxylic acids is 1. The first-order chi connectivity index (χ1) is 16.7. The number of ether oxygens (including phenoxy) is 1. The first kappa shape index (κ1) is 22.1. The molecule has 4 aliphatic rings. The van der Waals surface area contributed by atoms with E-state index in [2.05, 4.69) is 20.4 Å². The number of hydrogen-bond acceptors (Lipinski definition) is 11. The van der Waals surface area contributed by atoms with E-state index < -0.39 is 44.2 Å². The van der Waals surface area contributed by atoms with Crippen LogP contribution in [0.15, 0.2) is 36.5 Å². The SMILES string of the molecule is CCn1nnc(-c2ccc(-c3ccc(N4C(=O)O[C@@]5([C@H](O)CF)OP6(=O)OC45O6)cc3F)cn2)n1. The molecule has 0 radical (unpaired) electrons. The zero-order chi connectivity index (χ0) is 24.6. The van der Waals surface area contributed by atoms with Gasteiger partial charge in [0.15, 0.2) is 6.10 Å². The number of alkyl halides is 1. The fourth-order valence-electron chi connectivity index (χ4n) is 4.07. The minimum atomic E-state index is -4.17. The van der Waals surface area contributed by atoms with E-state index in [4.69, 9.17) is 18.3 Å². The second-order valence-corrected chi connectivity index (χ2v) is 9.18. The first-order valence-electron chi connectivity index (χ1n) is 10.3. The Balaban J connectivity index is 1.32. The Morgan fingerprint density at radius 1 is 1.23 bits per heavy atom. The maximum absolute atomic E-state index is 15.1. The summed E-state index contributed by atoms with van der Waals surface area (Å²) in [5.74, 6) is -5.35. The Morgan fingerprint density at radius 2 is 2.03 bits per heavy atom. The van der Waals surface area contributed by atoms with Crippen LogP contribution < -0.4 is 4.90 Å². The summed E-state index contributed by atoms with van der Waals surface area (Å²) in [4.78, 5) is 18.9. The van der Waals surface area contributed by atoms with Crippen molar-refractivity contribution in [1.29, 1.82) is 0 Å². The number of anilines is 1. The van der Waals surface area contributed by atoms with E-state index in [1.54, 1.807) is 12.1 Å². The molecule has 1 N–H and O–H groups in total. The predicted octanol–water partition coefficient (Wildman–Crippen LogP) is 2.38. The number of rotatable bonds is 6. The van der Waals surface area contributed by atoms with E-state index in [9.17, 15) is 18.9 Å². The molecule has 2 bridgehead atoms. The lowest BCUT2D eigenvalue weighted by Crippen LogP contribution is -2.64. The summed E-state index contributed by atoms with van der Waals surface area (Å²) in [5, 5.41) is 22.0. The molecule has 3 aromatic rings. The highest BCUT2D eigenvalue weighted by molar-refractivity contribution is 7.50. The number of amides is 1. The van der Waals surface area contributed by atoms with Crippen LogP contribution in [0.3, 0.4) is 0 Å². The summed E-state index contributed by atoms with van der Waals surface area (Å²) in [6.45, 7) is 0.985. The fraction of sp³-hybridized carbons (Fsp3) is 0.316. The summed E-state index contributed by atoms with van der Waals surface area (Å²) in [6.07, 6.45) is -1.84. The molecule has 16 heteroatoms. The third kappa shape index (κ3) is 2.93. The smallest absolute Gasteiger partial charge is 0.404 e. The van der Waals surface area contributed by atoms with Crippen molar-refractivity contribution in [1.82, 2.24) is 25.2 Å². The van der Waals surface area contributed by atoms with E-state index in [1.807, 2.05) is 6.92 Å². The van der Waals surface area contributed by atoms with Crippen LogP contribution in [0.2, 0.25) is 0 Å². The van der Waals surface area contributed by atoms with Crippen LogP contribution in [0, 0.1) is 5.82 Å². The van der Waals surface area contributed by atoms with Gasteiger partial charge in [-0.3, -0.25) is 4.98 Å². The number of phosphoric ester groups is 1. The number of halogens is 2. The van der Waals surface area contributed by atoms with Crippen molar-refractivity contribution < 1.29 is 41.6 Å². The molecule has 2 atom stereocenters. The quantitative estimate of drug-likeness (QED) is 0.489. The Labute approximate surface area is 194 Å². The molecule has 182 valence electrons. The number of aliphatic hydroxyl groups is 1. The minimum absolute atomic E-state index is 0.133. The first-order valence-corrected chi connectivity index (χ1v) is 11.7. The molecular weight excluding hydrogens is 493 g/mol. The Bertz CT molecular complexity index is 1390. The minimum Gasteiger partial charge on any atom is -0.404 e. The van der Waals surface area contributed by atoms with Gasteiger partial charge in [0, 0.05) is 17.3 Å². The molecule has 7 rings (SSSR count). The molecule has 2 aromatic heterocycles. The number of hydrogen-bond donors (Lipinski definition) is 1. The van der Waals surface area contributed by atoms with Crippen LogP contribution in [-0.4, -0.2) is 60.9 Å². The van der Waals surface area contributed by atoms with Crippen LogP contribution in [0.5, 0.6) is 0 Å². The average molecular weight is 508 g/mol. The zero-order valence-electron chi connectivity index (χ0n) is 17.7. The Kier molecular flexibility index (Phi) is 4.63. The molecule has 4 saturated heterocycles. The van der Waals surface area contributed by atoms with Gasteiger partial charge in [0.2, 0.25) is 5.82 Å². The molecule has 13 nitrogen and oxygen atoms in total. The van der Waals surface area contributed by atoms with Crippen molar-refractivity contribution in [2.45, 2.75) is 31.3 Å². The van der Waals surface area contributed by atoms with Crippen molar-refractivity contribution in [3.05, 3.63) is 42.3 Å². The van der Waals surface area contributed by atoms with E-state index in [0.717, 1.165) is 6.07 Å². The average Bonchev–Trinajstić information content (AvgIpc) is 3.52. The largest absolute Gasteiger partial charge is 0.486 e. The Morgan fingerprint density at radius 3 is 2.66 bits per heavy atom. The summed E-state index contributed by atoms with van der Waals surface area (Å²) in [5.41, 5.74) is 0.861. The normalized spacial score (nSPS) is 29.6. The van der Waals surface area contributed by atoms with Gasteiger partial charge in [-0.15, -0.1) is 10.2 Å². The van der Waals surface area contributed by atoms with Crippen molar-refractivity contribution in [2.75, 3.05) is 11.6 Å². The predicted molar refractivity (Wildman–Crippen MR) is 109 cm³/mol. The summed E-state index contributed by atoms with van der Waals surface area (Å²) in [7, 11) is -4.17. The van der Waals surface area contributed by atoms with Crippen LogP contribution in [0.1, 0.15) is 6.92 Å². The number of phosphoric acid groups is 1. The van der Waals surface area contributed by atoms with E-state index in [-0.39, 0.29) is 11.3 Å². The maximum Gasteiger partial charge on any atom is 0.486 e. The number of nitrogens with zero attached hydrogens (tertiary/aromatic N) is 6. The van der Waals surface area contributed by atoms with Crippen LogP contribution >= 0.6 is 7.82 Å². The molecule has 1 spiro atoms. The zero-order valence-corrected chi connectivity index (χ0v) is 18.6. The molecule has 4 fully saturated rings. The van der Waals surface area contributed by atoms with E-state index in [0.29, 0.717) is 28.5 Å². The molecule has 4 aliphatic heterocycles. The summed E-state index contributed by atoms with van der Waals surface area (Å²) in [6, 6.07) is 6.88. The van der Waals surface area contributed by atoms with Crippen molar-refractivity contribution in [3.63, 3.8) is 0 Å². The highest BCUT2D eigenvalue weighted by Gasteiger charge is 2.91. The van der Waals surface area contributed by atoms with Gasteiger partial charge in [-0.25, -0.2) is 36.6 Å². The molecule has 35 heavy (non-hydrogen) atoms. The number of carbonyl (C=O) groups is 1. The Hall–Kier alpha value is -3.36. The fourth-order valence-corrected chi connectivity index (χ4v) is 5.79. The molecule has 0 unspecified atom stereocenters. The number of aryl methyl sites for hydroxylation is 1. The summed E-state index contributed by atoms with van der Waals surface area (Å²) >= 11 is 0. The van der Waals surface area contributed by atoms with Gasteiger partial charge in [-0.2, -0.15) is 4.80 Å². The van der Waals surface area contributed by atoms with Crippen molar-refractivity contribution in [3.8, 4) is 22.6 Å². The van der Waals surface area contributed by atoms with Crippen LogP contribution in [0.25, 0.3) is 22.6 Å². The molecule has 1 amide bonds. The third-order valence-corrected chi connectivity index (χ3v) is 7.15. The van der Waals surface area contributed by atoms with E-state index >= 15 is 4.39 Å². The highest BCUT2D eigenvalue weighted by atomic mass is 31.2. The number of benzene rings is 1. The molecule has 1 aromatic carbocycles. The van der Waals surface area contributed by atoms with Crippen molar-refractivity contribution in [2.24, 2.45) is 0 Å². The number of aromatic nitrogens is 5. The lowest BCUT2D eigenvalue weighted by Gasteiger charge is -2.39. The van der Waals surface area contributed by atoms with Gasteiger partial charge in [0.25, 0.3) is 0 Å². The summed E-state index contributed by atoms with van der Waals surface area (Å²) < 4.78 is 61.0. The lowest BCUT2D eigenvalue weighted by molar-refractivity contribution is -0.282. The van der Waals surface area contributed by atoms with Gasteiger partial charge >= 0.3 is 25.6 Å². The second-order valence-electron chi connectivity index (χ2n) is 7.74. The van der Waals surface area contributed by atoms with Gasteiger partial charge in [-0.1, -0.05) is 6.07 Å². The van der Waals surface area contributed by atoms with Crippen LogP contribution in [-0.2, 0) is 29.4 Å². The van der Waals surface area contributed by atoms with Gasteiger partial charge in [-0.05, 0) is 36.4 Å². The topological polar surface area (TPSA) is 151 Å². The van der Waals surface area contributed by atoms with Crippen molar-refractivity contribution >= 4 is 19.6 Å². The molecule has 0 aliphatic carbocycles. The van der Waals surface area contributed by atoms with Crippen LogP contribution in [0.4, 0.5) is 19.3 Å². The molecule has 6 heterocycles.